The van der Waals surface area contributed by atoms with Gasteiger partial charge >= 0.3 is 0 Å². The zero-order chi connectivity index (χ0) is 13.1. The lowest BCUT2D eigenvalue weighted by Gasteiger charge is -2.26. The summed E-state index contributed by atoms with van der Waals surface area (Å²) >= 11 is 0. The van der Waals surface area contributed by atoms with Crippen LogP contribution in [0.5, 0.6) is 0 Å². The van der Waals surface area contributed by atoms with Gasteiger partial charge in [-0.05, 0) is 32.1 Å². The molecule has 102 valence electrons. The Bertz CT molecular complexity index is 333. The molecule has 1 unspecified atom stereocenters. The Balaban J connectivity index is 2.48. The van der Waals surface area contributed by atoms with Gasteiger partial charge in [-0.1, -0.05) is 13.8 Å². The third-order valence-corrected chi connectivity index (χ3v) is 4.44. The van der Waals surface area contributed by atoms with Gasteiger partial charge in [0.15, 0.2) is 0 Å². The molecule has 0 aromatic heterocycles. The molecule has 1 heterocycles. The molecule has 1 rings (SSSR count). The predicted molar refractivity (Wildman–Crippen MR) is 67.8 cm³/mol. The number of nitrogens with zero attached hydrogens (tertiary/aromatic N) is 1. The van der Waals surface area contributed by atoms with E-state index in [-0.39, 0.29) is 6.54 Å². The highest BCUT2D eigenvalue weighted by atomic mass is 32.2. The maximum absolute atomic E-state index is 11.9. The molecule has 6 heteroatoms. The third-order valence-electron chi connectivity index (χ3n) is 2.89. The third kappa shape index (κ3) is 4.91. The maximum Gasteiger partial charge on any atom is 0.279 e. The molecule has 0 amide bonds. The van der Waals surface area contributed by atoms with E-state index in [0.29, 0.717) is 25.4 Å². The highest BCUT2D eigenvalue weighted by Crippen LogP contribution is 2.17. The summed E-state index contributed by atoms with van der Waals surface area (Å²) in [6.45, 7) is 6.92. The normalized spacial score (nSPS) is 21.9. The molecule has 1 aliphatic heterocycles. The monoisotopic (exact) mass is 264 g/mol. The Morgan fingerprint density at radius 2 is 1.88 bits per heavy atom. The molecule has 2 N–H and O–H groups in total. The van der Waals surface area contributed by atoms with Crippen molar-refractivity contribution in [3.05, 3.63) is 0 Å². The number of hydrogen-bond acceptors (Lipinski definition) is 3. The first-order valence-corrected chi connectivity index (χ1v) is 7.64. The first kappa shape index (κ1) is 14.9. The summed E-state index contributed by atoms with van der Waals surface area (Å²) in [6, 6.07) is 0. The molecule has 1 fully saturated rings. The molecular weight excluding hydrogens is 240 g/mol. The largest absolute Gasteiger partial charge is 0.389 e. The summed E-state index contributed by atoms with van der Waals surface area (Å²) in [7, 11) is -3.41. The van der Waals surface area contributed by atoms with E-state index in [9.17, 15) is 13.5 Å². The second-order valence-corrected chi connectivity index (χ2v) is 7.28. The highest BCUT2D eigenvalue weighted by molar-refractivity contribution is 7.87. The van der Waals surface area contributed by atoms with Crippen molar-refractivity contribution >= 4 is 10.2 Å². The standard InChI is InChI=1S/C11H24N2O3S/c1-10(2)8-11(3,14)9-12-17(15,16)13-6-4-5-7-13/h10,12,14H,4-9H2,1-3H3. The Hall–Kier alpha value is -0.170. The van der Waals surface area contributed by atoms with E-state index in [1.807, 2.05) is 13.8 Å². The van der Waals surface area contributed by atoms with E-state index in [1.54, 1.807) is 6.92 Å². The summed E-state index contributed by atoms with van der Waals surface area (Å²) < 4.78 is 27.7. The van der Waals surface area contributed by atoms with Crippen LogP contribution in [0.4, 0.5) is 0 Å². The van der Waals surface area contributed by atoms with Crippen LogP contribution in [0.3, 0.4) is 0 Å². The average molecular weight is 264 g/mol. The number of nitrogens with one attached hydrogen (secondary N) is 1. The first-order valence-electron chi connectivity index (χ1n) is 6.20. The van der Waals surface area contributed by atoms with Gasteiger partial charge in [-0.3, -0.25) is 0 Å². The maximum atomic E-state index is 11.9. The van der Waals surface area contributed by atoms with E-state index in [0.717, 1.165) is 12.8 Å². The van der Waals surface area contributed by atoms with Gasteiger partial charge in [0.1, 0.15) is 0 Å². The van der Waals surface area contributed by atoms with E-state index in [1.165, 1.54) is 4.31 Å². The van der Waals surface area contributed by atoms with Gasteiger partial charge in [0.25, 0.3) is 10.2 Å². The molecule has 0 saturated carbocycles. The van der Waals surface area contributed by atoms with Crippen molar-refractivity contribution in [3.63, 3.8) is 0 Å². The Morgan fingerprint density at radius 1 is 1.35 bits per heavy atom. The Morgan fingerprint density at radius 3 is 2.35 bits per heavy atom. The van der Waals surface area contributed by atoms with Crippen LogP contribution in [0.2, 0.25) is 0 Å². The molecule has 1 atom stereocenters. The molecule has 0 bridgehead atoms. The second-order valence-electron chi connectivity index (χ2n) is 5.53. The van der Waals surface area contributed by atoms with Crippen molar-refractivity contribution < 1.29 is 13.5 Å². The zero-order valence-electron chi connectivity index (χ0n) is 10.9. The first-order chi connectivity index (χ1) is 7.73. The van der Waals surface area contributed by atoms with Crippen LogP contribution in [0, 0.1) is 5.92 Å². The van der Waals surface area contributed by atoms with Gasteiger partial charge in [-0.2, -0.15) is 17.4 Å². The Kier molecular flexibility index (Phi) is 4.95. The van der Waals surface area contributed by atoms with Crippen LogP contribution < -0.4 is 4.72 Å². The molecular formula is C11H24N2O3S. The van der Waals surface area contributed by atoms with Gasteiger partial charge in [0.2, 0.25) is 0 Å². The molecule has 0 aliphatic carbocycles. The van der Waals surface area contributed by atoms with Crippen LogP contribution >= 0.6 is 0 Å². The van der Waals surface area contributed by atoms with Crippen molar-refractivity contribution in [1.29, 1.82) is 0 Å². The smallest absolute Gasteiger partial charge is 0.279 e. The summed E-state index contributed by atoms with van der Waals surface area (Å²) in [5.41, 5.74) is -0.985. The minimum atomic E-state index is -3.41. The van der Waals surface area contributed by atoms with Crippen molar-refractivity contribution in [2.45, 2.75) is 45.6 Å². The van der Waals surface area contributed by atoms with Crippen LogP contribution in [0.15, 0.2) is 0 Å². The topological polar surface area (TPSA) is 69.6 Å². The fourth-order valence-electron chi connectivity index (χ4n) is 2.22. The lowest BCUT2D eigenvalue weighted by atomic mass is 9.95. The van der Waals surface area contributed by atoms with Crippen LogP contribution in [-0.2, 0) is 10.2 Å². The SMILES string of the molecule is CC(C)CC(C)(O)CNS(=O)(=O)N1CCCC1. The van der Waals surface area contributed by atoms with Crippen LogP contribution in [-0.4, -0.2) is 43.1 Å². The van der Waals surface area contributed by atoms with E-state index in [2.05, 4.69) is 4.72 Å². The van der Waals surface area contributed by atoms with Gasteiger partial charge < -0.3 is 5.11 Å². The van der Waals surface area contributed by atoms with Gasteiger partial charge in [-0.15, -0.1) is 0 Å². The van der Waals surface area contributed by atoms with E-state index < -0.39 is 15.8 Å². The summed E-state index contributed by atoms with van der Waals surface area (Å²) in [6.07, 6.45) is 2.42. The Labute approximate surface area is 104 Å². The highest BCUT2D eigenvalue weighted by Gasteiger charge is 2.29. The van der Waals surface area contributed by atoms with Crippen molar-refractivity contribution in [2.24, 2.45) is 5.92 Å². The summed E-state index contributed by atoms with van der Waals surface area (Å²) in [5.74, 6) is 0.335. The zero-order valence-corrected chi connectivity index (χ0v) is 11.8. The van der Waals surface area contributed by atoms with Crippen LogP contribution in [0.25, 0.3) is 0 Å². The summed E-state index contributed by atoms with van der Waals surface area (Å²) in [4.78, 5) is 0. The second kappa shape index (κ2) is 5.65. The number of rotatable bonds is 6. The van der Waals surface area contributed by atoms with Gasteiger partial charge in [-0.25, -0.2) is 0 Å². The lowest BCUT2D eigenvalue weighted by Crippen LogP contribution is -2.46. The van der Waals surface area contributed by atoms with E-state index >= 15 is 0 Å². The molecule has 0 aromatic carbocycles. The fourth-order valence-corrected chi connectivity index (χ4v) is 3.63. The quantitative estimate of drug-likeness (QED) is 0.742. The van der Waals surface area contributed by atoms with Gasteiger partial charge in [0.05, 0.1) is 5.60 Å². The van der Waals surface area contributed by atoms with E-state index in [4.69, 9.17) is 0 Å². The fraction of sp³-hybridized carbons (Fsp3) is 1.00. The number of hydrogen-bond donors (Lipinski definition) is 2. The van der Waals surface area contributed by atoms with Crippen LogP contribution in [0.1, 0.15) is 40.0 Å². The lowest BCUT2D eigenvalue weighted by molar-refractivity contribution is 0.0433. The number of aliphatic hydroxyl groups is 1. The molecule has 0 aromatic rings. The van der Waals surface area contributed by atoms with Crippen molar-refractivity contribution in [3.8, 4) is 0 Å². The van der Waals surface area contributed by atoms with Crippen molar-refractivity contribution in [2.75, 3.05) is 19.6 Å². The molecule has 0 radical (unpaired) electrons. The minimum absolute atomic E-state index is 0.0734. The minimum Gasteiger partial charge on any atom is -0.389 e. The molecule has 1 saturated heterocycles. The predicted octanol–water partition coefficient (Wildman–Crippen LogP) is 0.714. The molecule has 0 spiro atoms. The molecule has 17 heavy (non-hydrogen) atoms. The van der Waals surface area contributed by atoms with Crippen molar-refractivity contribution in [1.82, 2.24) is 9.03 Å². The molecule has 1 aliphatic rings. The average Bonchev–Trinajstić information content (AvgIpc) is 2.66. The summed E-state index contributed by atoms with van der Waals surface area (Å²) in [5, 5.41) is 10.0. The molecule has 5 nitrogen and oxygen atoms in total. The van der Waals surface area contributed by atoms with Gasteiger partial charge in [0, 0.05) is 19.6 Å².